The fourth-order valence-corrected chi connectivity index (χ4v) is 5.21. The number of hydrazine groups is 1. The van der Waals surface area contributed by atoms with Gasteiger partial charge < -0.3 is 14.6 Å². The Labute approximate surface area is 268 Å². The molecule has 0 bridgehead atoms. The molecule has 3 N–H and O–H groups in total. The zero-order chi connectivity index (χ0) is 33.3. The predicted octanol–water partition coefficient (Wildman–Crippen LogP) is 6.73. The van der Waals surface area contributed by atoms with Crippen LogP contribution in [0.4, 0.5) is 18.9 Å². The second-order valence-corrected chi connectivity index (χ2v) is 10.7. The minimum atomic E-state index is -4.51. The molecule has 10 nitrogen and oxygen atoms in total. The number of benzene rings is 4. The molecule has 1 heterocycles. The van der Waals surface area contributed by atoms with E-state index in [1.807, 2.05) is 30.3 Å². The number of ether oxygens (including phenoxy) is 2. The van der Waals surface area contributed by atoms with E-state index in [9.17, 15) is 23.5 Å². The van der Waals surface area contributed by atoms with Crippen molar-refractivity contribution in [1.29, 1.82) is 0 Å². The molecule has 0 spiro atoms. The zero-order valence-corrected chi connectivity index (χ0v) is 25.0. The molecule has 0 aliphatic carbocycles. The SMILES string of the molecule is [N-]=[N+]=Nc1ccccc1[C@@H]1OC(c2ccc(OCCCO)cc2)=N[C@]1(Cc1ccccc1)C(=O)NNCc1cccc(C(F)(F)F)c1. The smallest absolute Gasteiger partial charge is 0.416 e. The average molecular weight is 645 g/mol. The fraction of sp³-hybridized carbons (Fsp3) is 0.235. The van der Waals surface area contributed by atoms with E-state index in [-0.39, 0.29) is 31.2 Å². The fourth-order valence-electron chi connectivity index (χ4n) is 5.21. The number of carbonyl (C=O) groups is 1. The summed E-state index contributed by atoms with van der Waals surface area (Å²) in [6, 6.07) is 27.6. The maximum absolute atomic E-state index is 14.3. The number of carbonyl (C=O) groups excluding carboxylic acids is 1. The minimum Gasteiger partial charge on any atom is -0.494 e. The van der Waals surface area contributed by atoms with Crippen LogP contribution in [0.5, 0.6) is 5.75 Å². The Kier molecular flexibility index (Phi) is 10.4. The van der Waals surface area contributed by atoms with Gasteiger partial charge in [-0.2, -0.15) is 13.2 Å². The van der Waals surface area contributed by atoms with Gasteiger partial charge in [0, 0.05) is 47.7 Å². The van der Waals surface area contributed by atoms with Crippen molar-refractivity contribution < 1.29 is 32.5 Å². The minimum absolute atomic E-state index is 0.00179. The van der Waals surface area contributed by atoms with Crippen molar-refractivity contribution in [2.75, 3.05) is 13.2 Å². The zero-order valence-electron chi connectivity index (χ0n) is 25.0. The van der Waals surface area contributed by atoms with Crippen LogP contribution in [0.15, 0.2) is 113 Å². The highest BCUT2D eigenvalue weighted by Crippen LogP contribution is 2.45. The Morgan fingerprint density at radius 1 is 1.00 bits per heavy atom. The largest absolute Gasteiger partial charge is 0.494 e. The summed E-state index contributed by atoms with van der Waals surface area (Å²) in [5.41, 5.74) is 14.5. The normalized spacial score (nSPS) is 17.3. The van der Waals surface area contributed by atoms with Gasteiger partial charge in [-0.15, -0.1) is 0 Å². The van der Waals surface area contributed by atoms with Crippen LogP contribution in [0.25, 0.3) is 10.4 Å². The third-order valence-electron chi connectivity index (χ3n) is 7.47. The second-order valence-electron chi connectivity index (χ2n) is 10.7. The molecule has 13 heteroatoms. The van der Waals surface area contributed by atoms with Gasteiger partial charge in [0.05, 0.1) is 12.2 Å². The van der Waals surface area contributed by atoms with E-state index in [1.54, 1.807) is 48.5 Å². The number of nitrogens with zero attached hydrogens (tertiary/aromatic N) is 4. The van der Waals surface area contributed by atoms with Gasteiger partial charge in [0.1, 0.15) is 5.75 Å². The Hall–Kier alpha value is -5.36. The van der Waals surface area contributed by atoms with E-state index in [2.05, 4.69) is 20.9 Å². The molecule has 1 aliphatic heterocycles. The van der Waals surface area contributed by atoms with Gasteiger partial charge >= 0.3 is 6.18 Å². The number of nitrogens with one attached hydrogen (secondary N) is 2. The van der Waals surface area contributed by atoms with Crippen LogP contribution >= 0.6 is 0 Å². The van der Waals surface area contributed by atoms with E-state index < -0.39 is 29.3 Å². The Morgan fingerprint density at radius 3 is 2.45 bits per heavy atom. The molecule has 4 aromatic carbocycles. The molecule has 242 valence electrons. The predicted molar refractivity (Wildman–Crippen MR) is 169 cm³/mol. The van der Waals surface area contributed by atoms with Crippen molar-refractivity contribution >= 4 is 17.5 Å². The van der Waals surface area contributed by atoms with Crippen LogP contribution in [0.2, 0.25) is 0 Å². The topological polar surface area (TPSA) is 141 Å². The summed E-state index contributed by atoms with van der Waals surface area (Å²) < 4.78 is 51.9. The number of amides is 1. The summed E-state index contributed by atoms with van der Waals surface area (Å²) in [7, 11) is 0. The molecule has 1 aliphatic rings. The van der Waals surface area contributed by atoms with Crippen LogP contribution < -0.4 is 15.6 Å². The number of rotatable bonds is 13. The maximum Gasteiger partial charge on any atom is 0.416 e. The highest BCUT2D eigenvalue weighted by Gasteiger charge is 2.54. The molecule has 0 fully saturated rings. The van der Waals surface area contributed by atoms with Gasteiger partial charge in [0.15, 0.2) is 11.6 Å². The molecule has 0 unspecified atom stereocenters. The van der Waals surface area contributed by atoms with Crippen LogP contribution in [-0.4, -0.2) is 35.7 Å². The van der Waals surface area contributed by atoms with Crippen LogP contribution in [0.3, 0.4) is 0 Å². The molecule has 5 rings (SSSR count). The summed E-state index contributed by atoms with van der Waals surface area (Å²) in [5, 5.41) is 12.9. The van der Waals surface area contributed by atoms with Crippen molar-refractivity contribution in [2.24, 2.45) is 10.1 Å². The lowest BCUT2D eigenvalue weighted by Gasteiger charge is -2.31. The molecule has 0 saturated heterocycles. The molecule has 2 atom stereocenters. The molecule has 0 aromatic heterocycles. The first-order valence-electron chi connectivity index (χ1n) is 14.7. The number of hydrogen-bond acceptors (Lipinski definition) is 7. The van der Waals surface area contributed by atoms with E-state index in [0.717, 1.165) is 17.7 Å². The van der Waals surface area contributed by atoms with Crippen molar-refractivity contribution in [1.82, 2.24) is 10.9 Å². The summed E-state index contributed by atoms with van der Waals surface area (Å²) in [6.45, 7) is 0.230. The first kappa shape index (κ1) is 33.0. The average Bonchev–Trinajstić information content (AvgIpc) is 3.46. The van der Waals surface area contributed by atoms with Gasteiger partial charge in [-0.1, -0.05) is 77.9 Å². The maximum atomic E-state index is 14.3. The first-order valence-corrected chi connectivity index (χ1v) is 14.7. The van der Waals surface area contributed by atoms with Crippen LogP contribution in [-0.2, 0) is 28.7 Å². The molecule has 4 aromatic rings. The van der Waals surface area contributed by atoms with E-state index >= 15 is 0 Å². The number of azide groups is 1. The number of hydrogen-bond donors (Lipinski definition) is 3. The molecule has 0 saturated carbocycles. The second kappa shape index (κ2) is 14.8. The highest BCUT2D eigenvalue weighted by molar-refractivity contribution is 6.01. The summed E-state index contributed by atoms with van der Waals surface area (Å²) in [6.07, 6.45) is -5.05. The van der Waals surface area contributed by atoms with Gasteiger partial charge in [0.2, 0.25) is 5.90 Å². The standard InChI is InChI=1S/C34H31F3N6O4/c35-34(36,37)26-11-6-10-24(20-26)22-39-42-32(45)33(21-23-8-2-1-3-9-23)30(28-12-4-5-13-29(28)41-43-38)47-31(40-33)25-14-16-27(17-15-25)46-19-7-18-44/h1-6,8-17,20,30,39,44H,7,18-19,21-22H2,(H,42,45)/t30-,33-/m0/s1. The lowest BCUT2D eigenvalue weighted by Crippen LogP contribution is -2.53. The molecule has 1 amide bonds. The number of aliphatic imine (C=N–C) groups is 1. The van der Waals surface area contributed by atoms with Crippen molar-refractivity contribution in [2.45, 2.75) is 37.2 Å². The van der Waals surface area contributed by atoms with E-state index in [0.29, 0.717) is 35.5 Å². The molecule has 47 heavy (non-hydrogen) atoms. The Balaban J connectivity index is 1.53. The molecule has 0 radical (unpaired) electrons. The monoisotopic (exact) mass is 644 g/mol. The number of aliphatic hydroxyl groups excluding tert-OH is 1. The number of alkyl halides is 3. The lowest BCUT2D eigenvalue weighted by molar-refractivity contribution is -0.137. The summed E-state index contributed by atoms with van der Waals surface area (Å²) >= 11 is 0. The molecular formula is C34H31F3N6O4. The first-order chi connectivity index (χ1) is 22.7. The van der Waals surface area contributed by atoms with E-state index in [1.165, 1.54) is 12.1 Å². The van der Waals surface area contributed by atoms with E-state index in [4.69, 9.17) is 19.6 Å². The third-order valence-corrected chi connectivity index (χ3v) is 7.47. The van der Waals surface area contributed by atoms with Gasteiger partial charge in [-0.3, -0.25) is 10.2 Å². The van der Waals surface area contributed by atoms with Crippen molar-refractivity contribution in [3.8, 4) is 5.75 Å². The highest BCUT2D eigenvalue weighted by atomic mass is 19.4. The molecular weight excluding hydrogens is 613 g/mol. The Bertz CT molecular complexity index is 1760. The van der Waals surface area contributed by atoms with Gasteiger partial charge in [-0.05, 0) is 47.0 Å². The van der Waals surface area contributed by atoms with Gasteiger partial charge in [-0.25, -0.2) is 10.4 Å². The lowest BCUT2D eigenvalue weighted by atomic mass is 9.81. The van der Waals surface area contributed by atoms with Crippen LogP contribution in [0, 0.1) is 0 Å². The van der Waals surface area contributed by atoms with Crippen molar-refractivity contribution in [3.63, 3.8) is 0 Å². The van der Waals surface area contributed by atoms with Crippen molar-refractivity contribution in [3.05, 3.63) is 141 Å². The number of halogens is 3. The van der Waals surface area contributed by atoms with Crippen LogP contribution in [0.1, 0.15) is 40.3 Å². The quantitative estimate of drug-likeness (QED) is 0.0487. The third kappa shape index (κ3) is 7.90. The summed E-state index contributed by atoms with van der Waals surface area (Å²) in [5.74, 6) is 0.0998. The van der Waals surface area contributed by atoms with Gasteiger partial charge in [0.25, 0.3) is 5.91 Å². The Morgan fingerprint density at radius 2 is 1.72 bits per heavy atom. The number of aliphatic hydroxyl groups is 1. The summed E-state index contributed by atoms with van der Waals surface area (Å²) in [4.78, 5) is 22.2.